The quantitative estimate of drug-likeness (QED) is 0.298. The molecule has 0 aliphatic carbocycles. The molecule has 0 bridgehead atoms. The van der Waals surface area contributed by atoms with Gasteiger partial charge in [-0.1, -0.05) is 45.6 Å². The van der Waals surface area contributed by atoms with Gasteiger partial charge in [-0.25, -0.2) is 0 Å². The molecule has 1 rings (SSSR count). The SMILES string of the molecule is CCCCCOc1[c-]ccc(OCCCCC)c1.[Zn+][Br]. The predicted octanol–water partition coefficient (Wildman–Crippen LogP) is 5.47. The van der Waals surface area contributed by atoms with E-state index in [0.717, 1.165) is 37.6 Å². The Bertz CT molecular complexity index is 294. The van der Waals surface area contributed by atoms with Crippen molar-refractivity contribution in [3.8, 4) is 11.5 Å². The fraction of sp³-hybridized carbons (Fsp3) is 0.625. The Labute approximate surface area is 140 Å². The minimum atomic E-state index is 0.767. The van der Waals surface area contributed by atoms with E-state index in [9.17, 15) is 0 Å². The van der Waals surface area contributed by atoms with E-state index in [2.05, 4.69) is 33.5 Å². The average Bonchev–Trinajstić information content (AvgIpc) is 2.51. The van der Waals surface area contributed by atoms with Crippen LogP contribution in [0, 0.1) is 6.07 Å². The van der Waals surface area contributed by atoms with Crippen LogP contribution in [-0.4, -0.2) is 13.2 Å². The van der Waals surface area contributed by atoms with Gasteiger partial charge in [-0.05, 0) is 12.8 Å². The Balaban J connectivity index is 0.00000172. The van der Waals surface area contributed by atoms with Crippen LogP contribution in [-0.2, 0) is 16.3 Å². The van der Waals surface area contributed by atoms with E-state index in [4.69, 9.17) is 9.47 Å². The number of halogens is 1. The van der Waals surface area contributed by atoms with Crippen LogP contribution < -0.4 is 9.47 Å². The van der Waals surface area contributed by atoms with E-state index >= 15 is 0 Å². The fourth-order valence-corrected chi connectivity index (χ4v) is 1.67. The molecule has 0 unspecified atom stereocenters. The molecule has 0 fully saturated rings. The van der Waals surface area contributed by atoms with Crippen molar-refractivity contribution in [1.29, 1.82) is 0 Å². The zero-order valence-electron chi connectivity index (χ0n) is 12.8. The standard InChI is InChI=1S/C16H25O2.BrH.Zn/c1-3-5-7-12-17-15-10-9-11-16(14-15)18-13-8-6-4-2;;/h9-10,14H,3-8,12-13H2,1-2H3;1H;/q-1;;+2/p-1. The summed E-state index contributed by atoms with van der Waals surface area (Å²) in [6.07, 6.45) is 7.09. The molecular weight excluding hydrogens is 369 g/mol. The first-order valence-corrected chi connectivity index (χ1v) is 14.4. The van der Waals surface area contributed by atoms with Crippen molar-refractivity contribution in [3.63, 3.8) is 0 Å². The molecule has 0 N–H and O–H groups in total. The summed E-state index contributed by atoms with van der Waals surface area (Å²) in [7, 11) is 0. The van der Waals surface area contributed by atoms with E-state index in [0.29, 0.717) is 0 Å². The topological polar surface area (TPSA) is 18.5 Å². The van der Waals surface area contributed by atoms with Crippen LogP contribution in [0.3, 0.4) is 0 Å². The molecule has 4 heteroatoms. The molecule has 20 heavy (non-hydrogen) atoms. The first-order chi connectivity index (χ1) is 9.86. The molecule has 0 atom stereocenters. The van der Waals surface area contributed by atoms with Gasteiger partial charge in [0.2, 0.25) is 0 Å². The van der Waals surface area contributed by atoms with Gasteiger partial charge in [0, 0.05) is 11.5 Å². The molecule has 0 aromatic heterocycles. The van der Waals surface area contributed by atoms with Crippen LogP contribution in [0.5, 0.6) is 11.5 Å². The van der Waals surface area contributed by atoms with Gasteiger partial charge in [-0.2, -0.15) is 6.07 Å². The molecule has 0 saturated heterocycles. The van der Waals surface area contributed by atoms with Crippen molar-refractivity contribution < 1.29 is 25.8 Å². The molecule has 0 aliphatic heterocycles. The molecular formula is C16H25BrO2Zn. The third kappa shape index (κ3) is 10.7. The summed E-state index contributed by atoms with van der Waals surface area (Å²) < 4.78 is 11.3. The summed E-state index contributed by atoms with van der Waals surface area (Å²) >= 11 is 4.25. The Kier molecular flexibility index (Phi) is 15.3. The summed E-state index contributed by atoms with van der Waals surface area (Å²) in [5.41, 5.74) is 0. The van der Waals surface area contributed by atoms with Crippen LogP contribution in [0.15, 0.2) is 18.2 Å². The van der Waals surface area contributed by atoms with Gasteiger partial charge in [0.05, 0.1) is 13.2 Å². The minimum absolute atomic E-state index is 0.767. The third-order valence-corrected chi connectivity index (χ3v) is 2.77. The predicted molar refractivity (Wildman–Crippen MR) is 84.2 cm³/mol. The zero-order valence-corrected chi connectivity index (χ0v) is 17.3. The van der Waals surface area contributed by atoms with Crippen LogP contribution in [0.25, 0.3) is 0 Å². The van der Waals surface area contributed by atoms with E-state index in [1.807, 2.05) is 18.2 Å². The number of unbranched alkanes of at least 4 members (excludes halogenated alkanes) is 4. The van der Waals surface area contributed by atoms with Crippen molar-refractivity contribution in [2.75, 3.05) is 13.2 Å². The second-order valence-electron chi connectivity index (χ2n) is 4.50. The Hall–Kier alpha value is -0.0766. The van der Waals surface area contributed by atoms with E-state index in [1.165, 1.54) is 42.0 Å². The summed E-state index contributed by atoms with van der Waals surface area (Å²) in [6, 6.07) is 8.81. The van der Waals surface area contributed by atoms with Crippen LogP contribution in [0.4, 0.5) is 0 Å². The zero-order chi connectivity index (χ0) is 15.1. The summed E-state index contributed by atoms with van der Waals surface area (Å²) in [6.45, 7) is 5.94. The van der Waals surface area contributed by atoms with Crippen LogP contribution in [0.2, 0.25) is 0 Å². The monoisotopic (exact) mass is 392 g/mol. The molecule has 1 aromatic rings. The Morgan fingerprint density at radius 2 is 1.60 bits per heavy atom. The molecule has 0 heterocycles. The molecule has 0 radical (unpaired) electrons. The molecule has 2 nitrogen and oxygen atoms in total. The van der Waals surface area contributed by atoms with Crippen molar-refractivity contribution in [1.82, 2.24) is 0 Å². The van der Waals surface area contributed by atoms with Crippen molar-refractivity contribution in [3.05, 3.63) is 24.3 Å². The second kappa shape index (κ2) is 15.3. The van der Waals surface area contributed by atoms with Crippen molar-refractivity contribution in [2.45, 2.75) is 52.4 Å². The van der Waals surface area contributed by atoms with Gasteiger partial charge in [0.15, 0.2) is 0 Å². The van der Waals surface area contributed by atoms with Gasteiger partial charge in [0.1, 0.15) is 0 Å². The average molecular weight is 395 g/mol. The first kappa shape index (κ1) is 19.9. The Morgan fingerprint density at radius 1 is 1.00 bits per heavy atom. The van der Waals surface area contributed by atoms with Gasteiger partial charge >= 0.3 is 30.0 Å². The van der Waals surface area contributed by atoms with Gasteiger partial charge in [-0.15, -0.1) is 12.1 Å². The van der Waals surface area contributed by atoms with Crippen LogP contribution >= 0.6 is 13.6 Å². The number of ether oxygens (including phenoxy) is 2. The van der Waals surface area contributed by atoms with Crippen LogP contribution in [0.1, 0.15) is 52.4 Å². The normalized spacial score (nSPS) is 9.65. The third-order valence-electron chi connectivity index (χ3n) is 2.77. The summed E-state index contributed by atoms with van der Waals surface area (Å²) in [5, 5.41) is 0. The summed E-state index contributed by atoms with van der Waals surface area (Å²) in [4.78, 5) is 0. The van der Waals surface area contributed by atoms with Gasteiger partial charge < -0.3 is 9.47 Å². The van der Waals surface area contributed by atoms with Crippen molar-refractivity contribution in [2.24, 2.45) is 0 Å². The van der Waals surface area contributed by atoms with E-state index < -0.39 is 0 Å². The number of rotatable bonds is 10. The van der Waals surface area contributed by atoms with E-state index in [1.54, 1.807) is 0 Å². The number of hydrogen-bond acceptors (Lipinski definition) is 2. The number of benzene rings is 1. The molecule has 0 aliphatic rings. The fourth-order valence-electron chi connectivity index (χ4n) is 1.67. The molecule has 110 valence electrons. The molecule has 0 spiro atoms. The number of hydrogen-bond donors (Lipinski definition) is 0. The molecule has 1 aromatic carbocycles. The second-order valence-corrected chi connectivity index (χ2v) is 4.50. The molecule has 0 amide bonds. The maximum absolute atomic E-state index is 5.68. The van der Waals surface area contributed by atoms with E-state index in [-0.39, 0.29) is 0 Å². The first-order valence-electron chi connectivity index (χ1n) is 7.41. The van der Waals surface area contributed by atoms with Gasteiger partial charge in [-0.3, -0.25) is 0 Å². The Morgan fingerprint density at radius 3 is 2.20 bits per heavy atom. The van der Waals surface area contributed by atoms with Gasteiger partial charge in [0.25, 0.3) is 0 Å². The van der Waals surface area contributed by atoms with Crippen molar-refractivity contribution >= 4 is 13.6 Å². The molecule has 0 saturated carbocycles. The summed E-state index contributed by atoms with van der Waals surface area (Å²) in [5.74, 6) is 1.68. The maximum atomic E-state index is 5.68.